The molecule has 1 aliphatic heterocycles. The van der Waals surface area contributed by atoms with E-state index in [1.165, 1.54) is 0 Å². The van der Waals surface area contributed by atoms with E-state index in [0.717, 1.165) is 11.3 Å². The SMILES string of the molecule is COc1ccc(C2CC(=O)NC[C@H]2CC(=O)OC(C)(C)C)cc1. The molecular formula is C18H25NO4. The Labute approximate surface area is 137 Å². The van der Waals surface area contributed by atoms with Crippen LogP contribution < -0.4 is 10.1 Å². The molecule has 0 aliphatic carbocycles. The zero-order valence-corrected chi connectivity index (χ0v) is 14.2. The number of methoxy groups -OCH3 is 1. The molecule has 5 heteroatoms. The van der Waals surface area contributed by atoms with Crippen molar-refractivity contribution in [2.75, 3.05) is 13.7 Å². The van der Waals surface area contributed by atoms with Crippen molar-refractivity contribution in [2.24, 2.45) is 5.92 Å². The van der Waals surface area contributed by atoms with Crippen molar-refractivity contribution in [3.63, 3.8) is 0 Å². The summed E-state index contributed by atoms with van der Waals surface area (Å²) in [5.41, 5.74) is 0.555. The van der Waals surface area contributed by atoms with Crippen molar-refractivity contribution in [3.8, 4) is 5.75 Å². The molecule has 0 aromatic heterocycles. The Kier molecular flexibility index (Phi) is 5.29. The molecule has 1 aromatic carbocycles. The lowest BCUT2D eigenvalue weighted by atomic mass is 9.79. The Morgan fingerprint density at radius 1 is 1.26 bits per heavy atom. The molecule has 1 aromatic rings. The number of esters is 1. The number of hydrogen-bond donors (Lipinski definition) is 1. The summed E-state index contributed by atoms with van der Waals surface area (Å²) in [6.45, 7) is 6.06. The van der Waals surface area contributed by atoms with Crippen molar-refractivity contribution in [3.05, 3.63) is 29.8 Å². The van der Waals surface area contributed by atoms with E-state index >= 15 is 0 Å². The first-order valence-corrected chi connectivity index (χ1v) is 7.91. The number of carbonyl (C=O) groups excluding carboxylic acids is 2. The maximum absolute atomic E-state index is 12.1. The van der Waals surface area contributed by atoms with Crippen molar-refractivity contribution < 1.29 is 19.1 Å². The first kappa shape index (κ1) is 17.3. The number of amides is 1. The molecule has 1 aliphatic rings. The number of piperidine rings is 1. The van der Waals surface area contributed by atoms with Crippen LogP contribution in [-0.2, 0) is 14.3 Å². The average Bonchev–Trinajstić information content (AvgIpc) is 2.47. The van der Waals surface area contributed by atoms with E-state index in [1.54, 1.807) is 7.11 Å². The van der Waals surface area contributed by atoms with Gasteiger partial charge in [-0.1, -0.05) is 12.1 Å². The van der Waals surface area contributed by atoms with E-state index < -0.39 is 5.60 Å². The van der Waals surface area contributed by atoms with Crippen LogP contribution >= 0.6 is 0 Å². The molecule has 1 N–H and O–H groups in total. The van der Waals surface area contributed by atoms with Gasteiger partial charge < -0.3 is 14.8 Å². The molecule has 1 unspecified atom stereocenters. The first-order valence-electron chi connectivity index (χ1n) is 7.91. The monoisotopic (exact) mass is 319 g/mol. The Morgan fingerprint density at radius 2 is 1.91 bits per heavy atom. The van der Waals surface area contributed by atoms with Gasteiger partial charge in [0, 0.05) is 13.0 Å². The predicted molar refractivity (Wildman–Crippen MR) is 87.3 cm³/mol. The normalized spacial score (nSPS) is 21.5. The third-order valence-corrected chi connectivity index (χ3v) is 3.93. The van der Waals surface area contributed by atoms with E-state index in [-0.39, 0.29) is 23.7 Å². The highest BCUT2D eigenvalue weighted by Gasteiger charge is 2.33. The Bertz CT molecular complexity index is 559. The van der Waals surface area contributed by atoms with Crippen molar-refractivity contribution in [2.45, 2.75) is 45.1 Å². The number of rotatable bonds is 4. The lowest BCUT2D eigenvalue weighted by Crippen LogP contribution is -2.41. The largest absolute Gasteiger partial charge is 0.497 e. The number of hydrogen-bond acceptors (Lipinski definition) is 4. The molecular weight excluding hydrogens is 294 g/mol. The molecule has 0 spiro atoms. The molecule has 126 valence electrons. The Balaban J connectivity index is 2.12. The lowest BCUT2D eigenvalue weighted by Gasteiger charge is -2.32. The van der Waals surface area contributed by atoms with Crippen LogP contribution in [0.2, 0.25) is 0 Å². The summed E-state index contributed by atoms with van der Waals surface area (Å²) in [4.78, 5) is 23.9. The topological polar surface area (TPSA) is 64.6 Å². The molecule has 5 nitrogen and oxygen atoms in total. The fourth-order valence-corrected chi connectivity index (χ4v) is 2.88. The second-order valence-electron chi connectivity index (χ2n) is 6.94. The summed E-state index contributed by atoms with van der Waals surface area (Å²) in [5, 5.41) is 2.85. The van der Waals surface area contributed by atoms with Gasteiger partial charge in [-0.3, -0.25) is 9.59 Å². The van der Waals surface area contributed by atoms with Crippen LogP contribution in [0.4, 0.5) is 0 Å². The molecule has 1 amide bonds. The Hall–Kier alpha value is -2.04. The van der Waals surface area contributed by atoms with Crippen LogP contribution in [0.25, 0.3) is 0 Å². The molecule has 0 radical (unpaired) electrons. The van der Waals surface area contributed by atoms with Crippen molar-refractivity contribution in [1.29, 1.82) is 0 Å². The molecule has 23 heavy (non-hydrogen) atoms. The van der Waals surface area contributed by atoms with E-state index in [1.807, 2.05) is 45.0 Å². The predicted octanol–water partition coefficient (Wildman–Crippen LogP) is 2.65. The number of carbonyl (C=O) groups is 2. The fraction of sp³-hybridized carbons (Fsp3) is 0.556. The van der Waals surface area contributed by atoms with Crippen LogP contribution in [0.15, 0.2) is 24.3 Å². The number of nitrogens with one attached hydrogen (secondary N) is 1. The van der Waals surface area contributed by atoms with Gasteiger partial charge in [0.1, 0.15) is 11.4 Å². The number of benzene rings is 1. The molecule has 2 rings (SSSR count). The molecule has 1 fully saturated rings. The zero-order valence-electron chi connectivity index (χ0n) is 14.2. The number of ether oxygens (including phenoxy) is 2. The average molecular weight is 319 g/mol. The zero-order chi connectivity index (χ0) is 17.0. The van der Waals surface area contributed by atoms with E-state index in [4.69, 9.17) is 9.47 Å². The lowest BCUT2D eigenvalue weighted by molar-refractivity contribution is -0.156. The van der Waals surface area contributed by atoms with Gasteiger partial charge in [-0.15, -0.1) is 0 Å². The van der Waals surface area contributed by atoms with E-state index in [9.17, 15) is 9.59 Å². The Morgan fingerprint density at radius 3 is 2.48 bits per heavy atom. The van der Waals surface area contributed by atoms with Crippen LogP contribution in [0.3, 0.4) is 0 Å². The van der Waals surface area contributed by atoms with Gasteiger partial charge in [-0.2, -0.15) is 0 Å². The van der Waals surface area contributed by atoms with Crippen LogP contribution in [-0.4, -0.2) is 31.1 Å². The minimum atomic E-state index is -0.495. The highest BCUT2D eigenvalue weighted by atomic mass is 16.6. The summed E-state index contributed by atoms with van der Waals surface area (Å²) >= 11 is 0. The van der Waals surface area contributed by atoms with Crippen molar-refractivity contribution >= 4 is 11.9 Å². The second kappa shape index (κ2) is 7.02. The summed E-state index contributed by atoms with van der Waals surface area (Å²) in [5.74, 6) is 0.624. The molecule has 2 atom stereocenters. The first-order chi connectivity index (χ1) is 10.8. The van der Waals surface area contributed by atoms with Crippen LogP contribution in [0.5, 0.6) is 5.75 Å². The third-order valence-electron chi connectivity index (χ3n) is 3.93. The summed E-state index contributed by atoms with van der Waals surface area (Å²) in [6, 6.07) is 7.69. The standard InChI is InChI=1S/C18H25NO4/c1-18(2,3)23-17(21)9-13-11-19-16(20)10-15(13)12-5-7-14(22-4)8-6-12/h5-8,13,15H,9-11H2,1-4H3,(H,19,20)/t13-,15?/m1/s1. The van der Waals surface area contributed by atoms with E-state index in [2.05, 4.69) is 5.32 Å². The maximum atomic E-state index is 12.1. The van der Waals surface area contributed by atoms with Gasteiger partial charge in [0.15, 0.2) is 0 Å². The minimum absolute atomic E-state index is 0.0159. The van der Waals surface area contributed by atoms with Crippen LogP contribution in [0.1, 0.15) is 45.1 Å². The molecule has 1 saturated heterocycles. The van der Waals surface area contributed by atoms with Gasteiger partial charge >= 0.3 is 5.97 Å². The summed E-state index contributed by atoms with van der Waals surface area (Å²) in [6.07, 6.45) is 0.689. The quantitative estimate of drug-likeness (QED) is 0.867. The van der Waals surface area contributed by atoms with Crippen LogP contribution in [0, 0.1) is 5.92 Å². The fourth-order valence-electron chi connectivity index (χ4n) is 2.88. The van der Waals surface area contributed by atoms with Crippen molar-refractivity contribution in [1.82, 2.24) is 5.32 Å². The van der Waals surface area contributed by atoms with Gasteiger partial charge in [-0.25, -0.2) is 0 Å². The van der Waals surface area contributed by atoms with Gasteiger partial charge in [0.2, 0.25) is 5.91 Å². The third kappa shape index (κ3) is 4.98. The maximum Gasteiger partial charge on any atom is 0.306 e. The summed E-state index contributed by atoms with van der Waals surface area (Å²) < 4.78 is 10.6. The highest BCUT2D eigenvalue weighted by Crippen LogP contribution is 2.34. The second-order valence-corrected chi connectivity index (χ2v) is 6.94. The molecule has 0 saturated carbocycles. The van der Waals surface area contributed by atoms with Gasteiger partial charge in [0.25, 0.3) is 0 Å². The highest BCUT2D eigenvalue weighted by molar-refractivity contribution is 5.78. The molecule has 0 bridgehead atoms. The van der Waals surface area contributed by atoms with E-state index in [0.29, 0.717) is 19.4 Å². The minimum Gasteiger partial charge on any atom is -0.497 e. The molecule has 1 heterocycles. The summed E-state index contributed by atoms with van der Waals surface area (Å²) in [7, 11) is 1.62. The van der Waals surface area contributed by atoms with Gasteiger partial charge in [0.05, 0.1) is 13.5 Å². The smallest absolute Gasteiger partial charge is 0.306 e. The van der Waals surface area contributed by atoms with Gasteiger partial charge in [-0.05, 0) is 50.3 Å².